The number of hydrogen-bond acceptors (Lipinski definition) is 3. The maximum atomic E-state index is 11.6. The van der Waals surface area contributed by atoms with E-state index in [4.69, 9.17) is 4.74 Å². The van der Waals surface area contributed by atoms with E-state index in [1.165, 1.54) is 0 Å². The van der Waals surface area contributed by atoms with Crippen LogP contribution in [-0.2, 0) is 9.53 Å². The Bertz CT molecular complexity index is 226. The van der Waals surface area contributed by atoms with Crippen molar-refractivity contribution < 1.29 is 9.53 Å². The van der Waals surface area contributed by atoms with Gasteiger partial charge in [-0.15, -0.1) is 0 Å². The van der Waals surface area contributed by atoms with Crippen molar-refractivity contribution in [1.82, 2.24) is 10.2 Å². The van der Waals surface area contributed by atoms with Crippen molar-refractivity contribution in [2.75, 3.05) is 26.2 Å². The van der Waals surface area contributed by atoms with E-state index in [0.717, 1.165) is 26.2 Å². The highest BCUT2D eigenvalue weighted by molar-refractivity contribution is 5.81. The standard InChI is InChI=1S/C9H16N2O2/c1-3-11-6-9(4-10-5-9)13-7(2)8(11)12/h7,10H,3-6H2,1-2H3. The Labute approximate surface area is 78.2 Å². The number of carbonyl (C=O) groups is 1. The molecule has 2 fully saturated rings. The van der Waals surface area contributed by atoms with Crippen molar-refractivity contribution in [2.24, 2.45) is 0 Å². The number of morpholine rings is 1. The Balaban J connectivity index is 2.09. The molecule has 2 saturated heterocycles. The number of carbonyl (C=O) groups excluding carboxylic acids is 1. The average Bonchev–Trinajstić information content (AvgIpc) is 2.07. The van der Waals surface area contributed by atoms with Crippen molar-refractivity contribution in [3.63, 3.8) is 0 Å². The third-order valence-electron chi connectivity index (χ3n) is 2.84. The van der Waals surface area contributed by atoms with Crippen LogP contribution in [0.4, 0.5) is 0 Å². The lowest BCUT2D eigenvalue weighted by atomic mass is 9.93. The fourth-order valence-corrected chi connectivity index (χ4v) is 2.01. The molecule has 1 amide bonds. The van der Waals surface area contributed by atoms with E-state index < -0.39 is 0 Å². The van der Waals surface area contributed by atoms with Gasteiger partial charge in [0.05, 0.1) is 6.54 Å². The Hall–Kier alpha value is -0.610. The quantitative estimate of drug-likeness (QED) is 0.602. The first kappa shape index (κ1) is 8.97. The number of nitrogens with zero attached hydrogens (tertiary/aromatic N) is 1. The van der Waals surface area contributed by atoms with Crippen LogP contribution >= 0.6 is 0 Å². The molecule has 4 heteroatoms. The maximum absolute atomic E-state index is 11.6. The lowest BCUT2D eigenvalue weighted by Crippen LogP contribution is -2.71. The van der Waals surface area contributed by atoms with E-state index in [1.54, 1.807) is 0 Å². The summed E-state index contributed by atoms with van der Waals surface area (Å²) in [5.74, 6) is 0.125. The molecule has 0 aromatic rings. The topological polar surface area (TPSA) is 41.6 Å². The largest absolute Gasteiger partial charge is 0.358 e. The van der Waals surface area contributed by atoms with E-state index in [-0.39, 0.29) is 17.6 Å². The van der Waals surface area contributed by atoms with Crippen molar-refractivity contribution in [3.8, 4) is 0 Å². The second kappa shape index (κ2) is 2.96. The third-order valence-corrected chi connectivity index (χ3v) is 2.84. The third kappa shape index (κ3) is 1.34. The number of hydrogen-bond donors (Lipinski definition) is 1. The van der Waals surface area contributed by atoms with Gasteiger partial charge in [-0.3, -0.25) is 4.79 Å². The first-order chi connectivity index (χ1) is 6.17. The van der Waals surface area contributed by atoms with E-state index in [0.29, 0.717) is 0 Å². The molecule has 2 aliphatic heterocycles. The van der Waals surface area contributed by atoms with Gasteiger partial charge in [-0.25, -0.2) is 0 Å². The number of rotatable bonds is 1. The number of ether oxygens (including phenoxy) is 1. The molecule has 2 rings (SSSR count). The van der Waals surface area contributed by atoms with Crippen molar-refractivity contribution in [3.05, 3.63) is 0 Å². The van der Waals surface area contributed by atoms with Crippen LogP contribution in [0.25, 0.3) is 0 Å². The first-order valence-corrected chi connectivity index (χ1v) is 4.84. The zero-order valence-corrected chi connectivity index (χ0v) is 8.17. The van der Waals surface area contributed by atoms with Gasteiger partial charge in [0.2, 0.25) is 0 Å². The summed E-state index contributed by atoms with van der Waals surface area (Å²) in [5, 5.41) is 3.19. The maximum Gasteiger partial charge on any atom is 0.251 e. The molecule has 1 unspecified atom stereocenters. The molecule has 2 aliphatic rings. The highest BCUT2D eigenvalue weighted by Crippen LogP contribution is 2.25. The van der Waals surface area contributed by atoms with Crippen molar-refractivity contribution >= 4 is 5.91 Å². The Morgan fingerprint density at radius 3 is 2.85 bits per heavy atom. The van der Waals surface area contributed by atoms with Crippen LogP contribution in [-0.4, -0.2) is 48.7 Å². The molecule has 0 aromatic heterocycles. The second-order valence-corrected chi connectivity index (χ2v) is 3.90. The van der Waals surface area contributed by atoms with Crippen LogP contribution in [0.5, 0.6) is 0 Å². The summed E-state index contributed by atoms with van der Waals surface area (Å²) in [7, 11) is 0. The Kier molecular flexibility index (Phi) is 2.04. The molecule has 1 atom stereocenters. The zero-order valence-electron chi connectivity index (χ0n) is 8.17. The molecular weight excluding hydrogens is 168 g/mol. The molecule has 0 saturated carbocycles. The minimum atomic E-state index is -0.268. The monoisotopic (exact) mass is 184 g/mol. The van der Waals surface area contributed by atoms with Gasteiger partial charge in [0.15, 0.2) is 0 Å². The summed E-state index contributed by atoms with van der Waals surface area (Å²) >= 11 is 0. The predicted molar refractivity (Wildman–Crippen MR) is 48.4 cm³/mol. The summed E-state index contributed by atoms with van der Waals surface area (Å²) in [4.78, 5) is 13.4. The molecule has 0 aliphatic carbocycles. The predicted octanol–water partition coefficient (Wildman–Crippen LogP) is -0.404. The highest BCUT2D eigenvalue weighted by Gasteiger charge is 2.46. The lowest BCUT2D eigenvalue weighted by Gasteiger charge is -2.50. The molecule has 2 heterocycles. The molecular formula is C9H16N2O2. The Morgan fingerprint density at radius 2 is 2.38 bits per heavy atom. The van der Waals surface area contributed by atoms with Gasteiger partial charge in [-0.05, 0) is 13.8 Å². The number of amides is 1. The van der Waals surface area contributed by atoms with Gasteiger partial charge in [0, 0.05) is 19.6 Å². The second-order valence-electron chi connectivity index (χ2n) is 3.90. The Morgan fingerprint density at radius 1 is 1.69 bits per heavy atom. The van der Waals surface area contributed by atoms with E-state index in [9.17, 15) is 4.79 Å². The van der Waals surface area contributed by atoms with Crippen LogP contribution in [0, 0.1) is 0 Å². The normalized spacial score (nSPS) is 32.0. The van der Waals surface area contributed by atoms with E-state index in [1.807, 2.05) is 18.7 Å². The van der Waals surface area contributed by atoms with Crippen LogP contribution < -0.4 is 5.32 Å². The summed E-state index contributed by atoms with van der Waals surface area (Å²) in [6.45, 7) is 7.14. The van der Waals surface area contributed by atoms with Gasteiger partial charge < -0.3 is 15.0 Å². The lowest BCUT2D eigenvalue weighted by molar-refractivity contribution is -0.189. The fraction of sp³-hybridized carbons (Fsp3) is 0.889. The van der Waals surface area contributed by atoms with Crippen LogP contribution in [0.2, 0.25) is 0 Å². The molecule has 4 nitrogen and oxygen atoms in total. The minimum Gasteiger partial charge on any atom is -0.358 e. The molecule has 0 radical (unpaired) electrons. The molecule has 1 spiro atoms. The smallest absolute Gasteiger partial charge is 0.251 e. The summed E-state index contributed by atoms with van der Waals surface area (Å²) < 4.78 is 5.70. The summed E-state index contributed by atoms with van der Waals surface area (Å²) in [6.07, 6.45) is -0.268. The van der Waals surface area contributed by atoms with E-state index >= 15 is 0 Å². The molecule has 0 aromatic carbocycles. The van der Waals surface area contributed by atoms with Gasteiger partial charge >= 0.3 is 0 Å². The zero-order chi connectivity index (χ0) is 9.47. The molecule has 74 valence electrons. The minimum absolute atomic E-state index is 0.0800. The van der Waals surface area contributed by atoms with Gasteiger partial charge in [0.1, 0.15) is 11.7 Å². The first-order valence-electron chi connectivity index (χ1n) is 4.84. The number of nitrogens with one attached hydrogen (secondary N) is 1. The van der Waals surface area contributed by atoms with Gasteiger partial charge in [-0.2, -0.15) is 0 Å². The van der Waals surface area contributed by atoms with Crippen LogP contribution in [0.1, 0.15) is 13.8 Å². The summed E-state index contributed by atoms with van der Waals surface area (Å²) in [5.41, 5.74) is -0.0800. The van der Waals surface area contributed by atoms with Gasteiger partial charge in [0.25, 0.3) is 5.91 Å². The SMILES string of the molecule is CCN1CC2(CNC2)OC(C)C1=O. The molecule has 1 N–H and O–H groups in total. The van der Waals surface area contributed by atoms with Crippen molar-refractivity contribution in [2.45, 2.75) is 25.6 Å². The highest BCUT2D eigenvalue weighted by atomic mass is 16.5. The number of likely N-dealkylation sites (N-methyl/N-ethyl adjacent to an activating group) is 1. The van der Waals surface area contributed by atoms with Crippen LogP contribution in [0.15, 0.2) is 0 Å². The fourth-order valence-electron chi connectivity index (χ4n) is 2.01. The van der Waals surface area contributed by atoms with Crippen molar-refractivity contribution in [1.29, 1.82) is 0 Å². The van der Waals surface area contributed by atoms with Gasteiger partial charge in [-0.1, -0.05) is 0 Å². The average molecular weight is 184 g/mol. The molecule has 0 bridgehead atoms. The van der Waals surface area contributed by atoms with Crippen LogP contribution in [0.3, 0.4) is 0 Å². The molecule has 13 heavy (non-hydrogen) atoms. The summed E-state index contributed by atoms with van der Waals surface area (Å²) in [6, 6.07) is 0. The van der Waals surface area contributed by atoms with E-state index in [2.05, 4.69) is 5.32 Å².